The zero-order valence-electron chi connectivity index (χ0n) is 16.6. The van der Waals surface area contributed by atoms with E-state index in [0.717, 1.165) is 30.5 Å². The lowest BCUT2D eigenvalue weighted by molar-refractivity contribution is -0.133. The molecule has 2 saturated heterocycles. The zero-order chi connectivity index (χ0) is 20.5. The molecule has 2 N–H and O–H groups in total. The minimum Gasteiger partial charge on any atom is -0.508 e. The number of phenols is 1. The van der Waals surface area contributed by atoms with Gasteiger partial charge in [0.05, 0.1) is 12.1 Å². The second-order valence-electron chi connectivity index (χ2n) is 8.20. The van der Waals surface area contributed by atoms with E-state index in [2.05, 4.69) is 4.90 Å². The number of phenolic OH excluding ortho intramolecular Hbond substituents is 1. The fraction of sp³-hybridized carbons (Fsp3) is 0.435. The maximum absolute atomic E-state index is 13.8. The first kappa shape index (κ1) is 19.9. The molecule has 0 saturated carbocycles. The molecule has 0 bridgehead atoms. The Morgan fingerprint density at radius 2 is 1.86 bits per heavy atom. The average molecular weight is 398 g/mol. The van der Waals surface area contributed by atoms with Crippen LogP contribution >= 0.6 is 0 Å². The molecule has 2 aliphatic rings. The van der Waals surface area contributed by atoms with Crippen LogP contribution in [-0.4, -0.2) is 57.7 Å². The Kier molecular flexibility index (Phi) is 5.56. The van der Waals surface area contributed by atoms with Gasteiger partial charge in [0.25, 0.3) is 0 Å². The number of aliphatic hydroxyl groups is 1. The molecule has 2 aromatic carbocycles. The summed E-state index contributed by atoms with van der Waals surface area (Å²) >= 11 is 0. The molecule has 0 spiro atoms. The van der Waals surface area contributed by atoms with E-state index in [4.69, 9.17) is 0 Å². The van der Waals surface area contributed by atoms with Crippen molar-refractivity contribution in [3.63, 3.8) is 0 Å². The largest absolute Gasteiger partial charge is 0.508 e. The molecule has 2 aromatic rings. The number of carbonyl (C=O) groups excluding carboxylic acids is 1. The van der Waals surface area contributed by atoms with Crippen LogP contribution < -0.4 is 0 Å². The first-order chi connectivity index (χ1) is 13.9. The number of nitrogens with zero attached hydrogens (tertiary/aromatic N) is 2. The highest BCUT2D eigenvalue weighted by atomic mass is 19.1. The van der Waals surface area contributed by atoms with Crippen molar-refractivity contribution in [1.29, 1.82) is 0 Å². The van der Waals surface area contributed by atoms with Crippen LogP contribution in [0.3, 0.4) is 0 Å². The number of aromatic hydroxyl groups is 1. The number of hydrogen-bond acceptors (Lipinski definition) is 4. The predicted octanol–water partition coefficient (Wildman–Crippen LogP) is 2.79. The van der Waals surface area contributed by atoms with Gasteiger partial charge in [-0.3, -0.25) is 9.69 Å². The van der Waals surface area contributed by atoms with E-state index in [1.165, 1.54) is 6.07 Å². The van der Waals surface area contributed by atoms with Crippen molar-refractivity contribution in [2.45, 2.75) is 44.4 Å². The van der Waals surface area contributed by atoms with Gasteiger partial charge < -0.3 is 15.1 Å². The van der Waals surface area contributed by atoms with Crippen molar-refractivity contribution in [1.82, 2.24) is 9.80 Å². The molecule has 1 amide bonds. The van der Waals surface area contributed by atoms with Crippen LogP contribution in [0.4, 0.5) is 4.39 Å². The number of aryl methyl sites for hydroxylation is 1. The molecule has 0 aromatic heterocycles. The molecule has 2 heterocycles. The summed E-state index contributed by atoms with van der Waals surface area (Å²) in [5.74, 6) is 0.0344. The lowest BCUT2D eigenvalue weighted by atomic mass is 9.86. The van der Waals surface area contributed by atoms with E-state index < -0.39 is 6.10 Å². The highest BCUT2D eigenvalue weighted by Crippen LogP contribution is 2.32. The number of carbonyl (C=O) groups is 1. The highest BCUT2D eigenvalue weighted by molar-refractivity contribution is 5.84. The molecule has 1 unspecified atom stereocenters. The van der Waals surface area contributed by atoms with Gasteiger partial charge in [-0.15, -0.1) is 0 Å². The van der Waals surface area contributed by atoms with Crippen LogP contribution in [0.1, 0.15) is 35.4 Å². The molecule has 5 nitrogen and oxygen atoms in total. The Hall–Kier alpha value is -2.44. The number of likely N-dealkylation sites (tertiary alicyclic amines) is 2. The van der Waals surface area contributed by atoms with E-state index in [1.807, 2.05) is 18.2 Å². The molecular formula is C23H27FN2O3. The standard InChI is InChI=1S/C23H27FN2O3/c1-15-2-3-16(12-20(15)24)13-26-11-9-21(23(26)29)25-10-8-19(22(28)14-25)17-4-6-18(27)7-5-17/h2-7,12,19,21-22,27-28H,8-11,13-14H2,1H3/t19-,21?,22+/m1/s1. The predicted molar refractivity (Wildman–Crippen MR) is 108 cm³/mol. The van der Waals surface area contributed by atoms with E-state index in [0.29, 0.717) is 25.2 Å². The lowest BCUT2D eigenvalue weighted by Crippen LogP contribution is -2.50. The van der Waals surface area contributed by atoms with Gasteiger partial charge in [-0.05, 0) is 61.2 Å². The summed E-state index contributed by atoms with van der Waals surface area (Å²) in [4.78, 5) is 16.8. The molecule has 2 aliphatic heterocycles. The molecule has 0 radical (unpaired) electrons. The Bertz CT molecular complexity index is 886. The Morgan fingerprint density at radius 3 is 2.55 bits per heavy atom. The van der Waals surface area contributed by atoms with Crippen molar-refractivity contribution < 1.29 is 19.4 Å². The summed E-state index contributed by atoms with van der Waals surface area (Å²) in [5.41, 5.74) is 2.41. The van der Waals surface area contributed by atoms with Gasteiger partial charge in [-0.2, -0.15) is 0 Å². The van der Waals surface area contributed by atoms with E-state index in [9.17, 15) is 19.4 Å². The van der Waals surface area contributed by atoms with Gasteiger partial charge >= 0.3 is 0 Å². The summed E-state index contributed by atoms with van der Waals surface area (Å²) < 4.78 is 13.8. The minimum atomic E-state index is -0.554. The third-order valence-electron chi connectivity index (χ3n) is 6.25. The second-order valence-corrected chi connectivity index (χ2v) is 8.20. The third kappa shape index (κ3) is 4.14. The molecular weight excluding hydrogens is 371 g/mol. The summed E-state index contributed by atoms with van der Waals surface area (Å²) in [5, 5.41) is 20.2. The SMILES string of the molecule is Cc1ccc(CN2CCC(N3CC[C@H](c4ccc(O)cc4)[C@@H](O)C3)C2=O)cc1F. The molecule has 154 valence electrons. The van der Waals surface area contributed by atoms with Crippen LogP contribution in [0.5, 0.6) is 5.75 Å². The quantitative estimate of drug-likeness (QED) is 0.831. The summed E-state index contributed by atoms with van der Waals surface area (Å²) in [6, 6.07) is 11.9. The summed E-state index contributed by atoms with van der Waals surface area (Å²) in [6.07, 6.45) is 0.934. The number of hydrogen-bond donors (Lipinski definition) is 2. The Morgan fingerprint density at radius 1 is 1.10 bits per heavy atom. The summed E-state index contributed by atoms with van der Waals surface area (Å²) in [7, 11) is 0. The van der Waals surface area contributed by atoms with E-state index in [1.54, 1.807) is 30.0 Å². The lowest BCUT2D eigenvalue weighted by Gasteiger charge is -2.38. The number of β-amino-alcohol motifs (C(OH)–C–C–N with tert-alkyl or cyclic N) is 1. The molecule has 29 heavy (non-hydrogen) atoms. The van der Waals surface area contributed by atoms with E-state index in [-0.39, 0.29) is 29.4 Å². The molecule has 3 atom stereocenters. The van der Waals surface area contributed by atoms with Gasteiger partial charge in [0.1, 0.15) is 11.6 Å². The monoisotopic (exact) mass is 398 g/mol. The van der Waals surface area contributed by atoms with E-state index >= 15 is 0 Å². The number of rotatable bonds is 4. The number of amides is 1. The smallest absolute Gasteiger partial charge is 0.240 e. The van der Waals surface area contributed by atoms with Crippen LogP contribution in [0.25, 0.3) is 0 Å². The van der Waals surface area contributed by atoms with Crippen LogP contribution in [-0.2, 0) is 11.3 Å². The van der Waals surface area contributed by atoms with Gasteiger partial charge in [0, 0.05) is 25.6 Å². The highest BCUT2D eigenvalue weighted by Gasteiger charge is 2.40. The molecule has 0 aliphatic carbocycles. The maximum Gasteiger partial charge on any atom is 0.240 e. The maximum atomic E-state index is 13.8. The van der Waals surface area contributed by atoms with Crippen LogP contribution in [0.15, 0.2) is 42.5 Å². The summed E-state index contributed by atoms with van der Waals surface area (Å²) in [6.45, 7) is 3.98. The van der Waals surface area contributed by atoms with Gasteiger partial charge in [-0.25, -0.2) is 4.39 Å². The van der Waals surface area contributed by atoms with Crippen molar-refractivity contribution in [3.05, 3.63) is 65.0 Å². The Labute approximate surface area is 170 Å². The minimum absolute atomic E-state index is 0.00925. The third-order valence-corrected chi connectivity index (χ3v) is 6.25. The van der Waals surface area contributed by atoms with Crippen LogP contribution in [0, 0.1) is 12.7 Å². The Balaban J connectivity index is 1.38. The fourth-order valence-corrected chi connectivity index (χ4v) is 4.52. The molecule has 2 fully saturated rings. The van der Waals surface area contributed by atoms with Gasteiger partial charge in [0.15, 0.2) is 0 Å². The van der Waals surface area contributed by atoms with Crippen molar-refractivity contribution >= 4 is 5.91 Å². The number of aliphatic hydroxyl groups excluding tert-OH is 1. The van der Waals surface area contributed by atoms with Crippen LogP contribution in [0.2, 0.25) is 0 Å². The molecule has 4 rings (SSSR count). The number of benzene rings is 2. The molecule has 6 heteroatoms. The van der Waals surface area contributed by atoms with Gasteiger partial charge in [-0.1, -0.05) is 24.3 Å². The normalized spacial score (nSPS) is 25.6. The topological polar surface area (TPSA) is 64.0 Å². The second kappa shape index (κ2) is 8.13. The average Bonchev–Trinajstić information content (AvgIpc) is 3.06. The first-order valence-electron chi connectivity index (χ1n) is 10.2. The number of piperidine rings is 1. The number of halogens is 1. The van der Waals surface area contributed by atoms with Crippen molar-refractivity contribution in [2.24, 2.45) is 0 Å². The van der Waals surface area contributed by atoms with Crippen molar-refractivity contribution in [3.8, 4) is 5.75 Å². The first-order valence-corrected chi connectivity index (χ1v) is 10.2. The van der Waals surface area contributed by atoms with Crippen molar-refractivity contribution in [2.75, 3.05) is 19.6 Å². The zero-order valence-corrected chi connectivity index (χ0v) is 16.6. The van der Waals surface area contributed by atoms with Gasteiger partial charge in [0.2, 0.25) is 5.91 Å². The fourth-order valence-electron chi connectivity index (χ4n) is 4.52.